The maximum atomic E-state index is 13.0. The number of alkyl halides is 3. The molecule has 0 fully saturated rings. The second-order valence-electron chi connectivity index (χ2n) is 9.24. The van der Waals surface area contributed by atoms with Crippen molar-refractivity contribution in [3.05, 3.63) is 53.2 Å². The van der Waals surface area contributed by atoms with Gasteiger partial charge in [-0.25, -0.2) is 4.98 Å². The van der Waals surface area contributed by atoms with E-state index in [-0.39, 0.29) is 11.9 Å². The van der Waals surface area contributed by atoms with Crippen LogP contribution in [0.1, 0.15) is 42.4 Å². The standard InChI is InChI=1S/C24H27F3N8/c1-14(2)35-22(15(3)10-29-35)21-17-12-34(9-8-19(17)33(5)31-21)16-6-7-18(28-11-16)23-30-20(13-32(23)4)24(25,26)27/h6-7,10-11,13-14H,8-9,12H2,1-5H3. The molecule has 0 bridgehead atoms. The van der Waals surface area contributed by atoms with E-state index in [1.54, 1.807) is 12.3 Å². The molecule has 5 rings (SSSR count). The monoisotopic (exact) mass is 484 g/mol. The third-order valence-electron chi connectivity index (χ3n) is 6.44. The first-order valence-electron chi connectivity index (χ1n) is 11.5. The lowest BCUT2D eigenvalue weighted by Crippen LogP contribution is -2.31. The van der Waals surface area contributed by atoms with Gasteiger partial charge < -0.3 is 9.47 Å². The molecular weight excluding hydrogens is 457 g/mol. The summed E-state index contributed by atoms with van der Waals surface area (Å²) < 4.78 is 44.4. The molecule has 0 saturated carbocycles. The highest BCUT2D eigenvalue weighted by molar-refractivity contribution is 5.66. The third kappa shape index (κ3) is 3.98. The van der Waals surface area contributed by atoms with Gasteiger partial charge in [-0.1, -0.05) is 0 Å². The van der Waals surface area contributed by atoms with E-state index in [1.807, 2.05) is 35.6 Å². The molecule has 0 aliphatic carbocycles. The van der Waals surface area contributed by atoms with E-state index >= 15 is 0 Å². The maximum absolute atomic E-state index is 13.0. The van der Waals surface area contributed by atoms with Gasteiger partial charge in [0, 0.05) is 57.1 Å². The number of anilines is 1. The Bertz CT molecular complexity index is 1380. The van der Waals surface area contributed by atoms with Gasteiger partial charge >= 0.3 is 6.18 Å². The molecule has 11 heteroatoms. The molecule has 0 atom stereocenters. The number of hydrogen-bond donors (Lipinski definition) is 0. The van der Waals surface area contributed by atoms with Gasteiger partial charge in [-0.3, -0.25) is 14.3 Å². The fourth-order valence-electron chi connectivity index (χ4n) is 4.68. The van der Waals surface area contributed by atoms with Crippen LogP contribution in [0.3, 0.4) is 0 Å². The van der Waals surface area contributed by atoms with Crippen LogP contribution in [0.15, 0.2) is 30.7 Å². The lowest BCUT2D eigenvalue weighted by molar-refractivity contribution is -0.140. The lowest BCUT2D eigenvalue weighted by Gasteiger charge is -2.29. The molecule has 0 radical (unpaired) electrons. The normalized spacial score (nSPS) is 14.1. The zero-order chi connectivity index (χ0) is 25.1. The number of imidazole rings is 1. The van der Waals surface area contributed by atoms with Gasteiger partial charge in [0.1, 0.15) is 11.4 Å². The Kier molecular flexibility index (Phi) is 5.45. The Balaban J connectivity index is 1.45. The van der Waals surface area contributed by atoms with E-state index in [4.69, 9.17) is 5.10 Å². The van der Waals surface area contributed by atoms with Crippen molar-refractivity contribution in [2.24, 2.45) is 14.1 Å². The number of fused-ring (bicyclic) bond motifs is 1. The number of pyridine rings is 1. The van der Waals surface area contributed by atoms with Crippen molar-refractivity contribution in [1.82, 2.24) is 34.1 Å². The number of rotatable bonds is 4. The Labute approximate surface area is 201 Å². The molecule has 8 nitrogen and oxygen atoms in total. The van der Waals surface area contributed by atoms with E-state index in [1.165, 1.54) is 17.3 Å². The molecular formula is C24H27F3N8. The molecule has 0 amide bonds. The molecule has 35 heavy (non-hydrogen) atoms. The molecule has 4 aromatic rings. The number of aromatic nitrogens is 7. The van der Waals surface area contributed by atoms with Crippen molar-refractivity contribution in [3.8, 4) is 22.9 Å². The molecule has 0 saturated heterocycles. The van der Waals surface area contributed by atoms with Gasteiger partial charge in [-0.15, -0.1) is 0 Å². The van der Waals surface area contributed by atoms with Gasteiger partial charge in [0.05, 0.1) is 23.8 Å². The van der Waals surface area contributed by atoms with Gasteiger partial charge in [0.25, 0.3) is 0 Å². The van der Waals surface area contributed by atoms with E-state index in [2.05, 4.69) is 33.8 Å². The summed E-state index contributed by atoms with van der Waals surface area (Å²) >= 11 is 0. The molecule has 4 aromatic heterocycles. The number of halogens is 3. The minimum atomic E-state index is -4.49. The summed E-state index contributed by atoms with van der Waals surface area (Å²) in [5, 5.41) is 9.42. The molecule has 0 unspecified atom stereocenters. The van der Waals surface area contributed by atoms with Crippen molar-refractivity contribution >= 4 is 5.69 Å². The predicted molar refractivity (Wildman–Crippen MR) is 126 cm³/mol. The molecule has 5 heterocycles. The zero-order valence-electron chi connectivity index (χ0n) is 20.3. The fraction of sp³-hybridized carbons (Fsp3) is 0.417. The summed E-state index contributed by atoms with van der Waals surface area (Å²) in [5.41, 5.74) is 5.77. The van der Waals surface area contributed by atoms with Crippen LogP contribution < -0.4 is 4.90 Å². The average Bonchev–Trinajstić information content (AvgIpc) is 3.48. The largest absolute Gasteiger partial charge is 0.434 e. The summed E-state index contributed by atoms with van der Waals surface area (Å²) in [6.45, 7) is 7.69. The van der Waals surface area contributed by atoms with Crippen molar-refractivity contribution in [3.63, 3.8) is 0 Å². The minimum absolute atomic E-state index is 0.178. The Hall–Kier alpha value is -3.63. The summed E-state index contributed by atoms with van der Waals surface area (Å²) in [6.07, 6.45) is 0.879. The first-order chi connectivity index (χ1) is 16.5. The van der Waals surface area contributed by atoms with Crippen LogP contribution in [0.5, 0.6) is 0 Å². The van der Waals surface area contributed by atoms with Crippen LogP contribution in [0, 0.1) is 6.92 Å². The predicted octanol–water partition coefficient (Wildman–Crippen LogP) is 4.55. The van der Waals surface area contributed by atoms with Crippen molar-refractivity contribution in [1.29, 1.82) is 0 Å². The second-order valence-corrected chi connectivity index (χ2v) is 9.24. The van der Waals surface area contributed by atoms with Crippen LogP contribution in [-0.2, 0) is 33.2 Å². The quantitative estimate of drug-likeness (QED) is 0.425. The molecule has 0 N–H and O–H groups in total. The molecule has 0 aromatic carbocycles. The highest BCUT2D eigenvalue weighted by atomic mass is 19.4. The number of nitrogens with zero attached hydrogens (tertiary/aromatic N) is 8. The lowest BCUT2D eigenvalue weighted by atomic mass is 10.0. The van der Waals surface area contributed by atoms with Gasteiger partial charge in [0.15, 0.2) is 11.5 Å². The van der Waals surface area contributed by atoms with E-state index in [0.29, 0.717) is 12.2 Å². The SMILES string of the molecule is Cc1cnn(C(C)C)c1-c1nn(C)c2c1CN(c1ccc(-c3nc(C(F)(F)F)cn3C)nc1)CC2. The molecule has 1 aliphatic heterocycles. The fourth-order valence-corrected chi connectivity index (χ4v) is 4.68. The Morgan fingerprint density at radius 3 is 2.49 bits per heavy atom. The second kappa shape index (κ2) is 8.24. The molecule has 0 spiro atoms. The number of hydrogen-bond acceptors (Lipinski definition) is 5. The molecule has 184 valence electrons. The van der Waals surface area contributed by atoms with E-state index in [0.717, 1.165) is 47.4 Å². The van der Waals surface area contributed by atoms with Crippen molar-refractivity contribution in [2.75, 3.05) is 11.4 Å². The van der Waals surface area contributed by atoms with Crippen molar-refractivity contribution in [2.45, 2.75) is 46.0 Å². The maximum Gasteiger partial charge on any atom is 0.434 e. The number of aryl methyl sites for hydroxylation is 3. The van der Waals surface area contributed by atoms with Crippen LogP contribution in [0.25, 0.3) is 22.9 Å². The third-order valence-corrected chi connectivity index (χ3v) is 6.44. The highest BCUT2D eigenvalue weighted by Crippen LogP contribution is 2.35. The first kappa shape index (κ1) is 23.1. The van der Waals surface area contributed by atoms with E-state index in [9.17, 15) is 13.2 Å². The minimum Gasteiger partial charge on any atom is -0.365 e. The van der Waals surface area contributed by atoms with Crippen LogP contribution in [0.4, 0.5) is 18.9 Å². The van der Waals surface area contributed by atoms with Crippen LogP contribution >= 0.6 is 0 Å². The summed E-state index contributed by atoms with van der Waals surface area (Å²) in [5.74, 6) is 0.178. The summed E-state index contributed by atoms with van der Waals surface area (Å²) in [6, 6.07) is 3.81. The zero-order valence-corrected chi connectivity index (χ0v) is 20.3. The first-order valence-corrected chi connectivity index (χ1v) is 11.5. The van der Waals surface area contributed by atoms with Crippen LogP contribution in [0.2, 0.25) is 0 Å². The highest BCUT2D eigenvalue weighted by Gasteiger charge is 2.35. The van der Waals surface area contributed by atoms with Gasteiger partial charge in [0.2, 0.25) is 0 Å². The van der Waals surface area contributed by atoms with Gasteiger partial charge in [-0.05, 0) is 38.5 Å². The van der Waals surface area contributed by atoms with Gasteiger partial charge in [-0.2, -0.15) is 23.4 Å². The smallest absolute Gasteiger partial charge is 0.365 e. The topological polar surface area (TPSA) is 69.6 Å². The Morgan fingerprint density at radius 2 is 1.86 bits per heavy atom. The Morgan fingerprint density at radius 1 is 1.09 bits per heavy atom. The summed E-state index contributed by atoms with van der Waals surface area (Å²) in [7, 11) is 3.51. The summed E-state index contributed by atoms with van der Waals surface area (Å²) in [4.78, 5) is 10.4. The average molecular weight is 485 g/mol. The van der Waals surface area contributed by atoms with Crippen LogP contribution in [-0.4, -0.2) is 40.6 Å². The van der Waals surface area contributed by atoms with Crippen molar-refractivity contribution < 1.29 is 13.2 Å². The molecule has 1 aliphatic rings. The van der Waals surface area contributed by atoms with E-state index < -0.39 is 11.9 Å².